The lowest BCUT2D eigenvalue weighted by Gasteiger charge is -2.20. The fraction of sp³-hybridized carbons (Fsp3) is 0.200. The van der Waals surface area contributed by atoms with Gasteiger partial charge in [0.05, 0.1) is 18.2 Å². The molecule has 1 heterocycles. The Labute approximate surface area is 176 Å². The van der Waals surface area contributed by atoms with Crippen molar-refractivity contribution in [2.75, 3.05) is 23.4 Å². The lowest BCUT2D eigenvalue weighted by molar-refractivity contribution is -0.122. The summed E-state index contributed by atoms with van der Waals surface area (Å²) in [6.45, 7) is 2.76. The average molecular weight is 400 g/mol. The predicted octanol–water partition coefficient (Wildman–Crippen LogP) is 4.74. The molecule has 152 valence electrons. The third-order valence-electron chi connectivity index (χ3n) is 5.21. The Morgan fingerprint density at radius 3 is 2.37 bits per heavy atom. The van der Waals surface area contributed by atoms with Gasteiger partial charge in [-0.2, -0.15) is 0 Å². The molecule has 1 N–H and O–H groups in total. The lowest BCUT2D eigenvalue weighted by atomic mass is 10.0. The number of rotatable bonds is 6. The van der Waals surface area contributed by atoms with Gasteiger partial charge in [-0.3, -0.25) is 9.59 Å². The van der Waals surface area contributed by atoms with Crippen LogP contribution in [-0.2, 0) is 9.59 Å². The van der Waals surface area contributed by atoms with Crippen molar-refractivity contribution in [3.63, 3.8) is 0 Å². The molecule has 0 unspecified atom stereocenters. The normalized spacial score (nSPS) is 15.8. The number of nitrogens with one attached hydrogen (secondary N) is 1. The summed E-state index contributed by atoms with van der Waals surface area (Å²) in [5.74, 6) is 0.0424. The van der Waals surface area contributed by atoms with Crippen LogP contribution in [0.5, 0.6) is 5.75 Å². The monoisotopic (exact) mass is 400 g/mol. The summed E-state index contributed by atoms with van der Waals surface area (Å²) in [5, 5.41) is 2.95. The summed E-state index contributed by atoms with van der Waals surface area (Å²) < 4.78 is 5.64. The number of benzene rings is 3. The summed E-state index contributed by atoms with van der Waals surface area (Å²) in [6.07, 6.45) is 0.189. The third-order valence-corrected chi connectivity index (χ3v) is 5.21. The molecule has 1 aliphatic heterocycles. The maximum Gasteiger partial charge on any atom is 0.229 e. The molecule has 5 heteroatoms. The number of ether oxygens (including phenoxy) is 1. The van der Waals surface area contributed by atoms with E-state index in [0.717, 1.165) is 16.8 Å². The van der Waals surface area contributed by atoms with E-state index in [-0.39, 0.29) is 18.2 Å². The zero-order valence-electron chi connectivity index (χ0n) is 16.9. The number of carbonyl (C=O) groups excluding carboxylic acids is 2. The Morgan fingerprint density at radius 2 is 1.63 bits per heavy atom. The molecule has 0 spiro atoms. The summed E-state index contributed by atoms with van der Waals surface area (Å²) in [7, 11) is 0. The molecule has 0 aliphatic carbocycles. The number of amides is 2. The van der Waals surface area contributed by atoms with Crippen LogP contribution in [0.1, 0.15) is 13.3 Å². The zero-order valence-corrected chi connectivity index (χ0v) is 16.9. The molecule has 4 rings (SSSR count). The zero-order chi connectivity index (χ0) is 20.9. The van der Waals surface area contributed by atoms with Crippen molar-refractivity contribution in [2.24, 2.45) is 5.92 Å². The van der Waals surface area contributed by atoms with Crippen molar-refractivity contribution < 1.29 is 14.3 Å². The molecule has 1 fully saturated rings. The maximum absolute atomic E-state index is 12.8. The molecule has 1 atom stereocenters. The van der Waals surface area contributed by atoms with Crippen LogP contribution in [-0.4, -0.2) is 25.0 Å². The van der Waals surface area contributed by atoms with Crippen LogP contribution in [0.4, 0.5) is 11.4 Å². The number of carbonyl (C=O) groups is 2. The SMILES string of the molecule is CCOc1ccccc1N1C[C@@H](C(=O)Nc2ccc(-c3ccccc3)cc2)CC1=O. The van der Waals surface area contributed by atoms with Crippen LogP contribution >= 0.6 is 0 Å². The molecule has 0 radical (unpaired) electrons. The number of hydrogen-bond acceptors (Lipinski definition) is 3. The van der Waals surface area contributed by atoms with Crippen LogP contribution in [0.25, 0.3) is 11.1 Å². The van der Waals surface area contributed by atoms with Gasteiger partial charge in [0.2, 0.25) is 11.8 Å². The minimum absolute atomic E-state index is 0.0678. The van der Waals surface area contributed by atoms with E-state index >= 15 is 0 Å². The van der Waals surface area contributed by atoms with Crippen molar-refractivity contribution in [2.45, 2.75) is 13.3 Å². The van der Waals surface area contributed by atoms with Gasteiger partial charge >= 0.3 is 0 Å². The fourth-order valence-corrected chi connectivity index (χ4v) is 3.69. The molecular formula is C25H24N2O3. The minimum atomic E-state index is -0.402. The van der Waals surface area contributed by atoms with E-state index in [1.807, 2.05) is 85.8 Å². The number of hydrogen-bond donors (Lipinski definition) is 1. The molecule has 3 aromatic carbocycles. The Bertz CT molecular complexity index is 1030. The molecule has 1 saturated heterocycles. The Balaban J connectivity index is 1.43. The van der Waals surface area contributed by atoms with E-state index in [1.165, 1.54) is 0 Å². The van der Waals surface area contributed by atoms with Gasteiger partial charge in [0.1, 0.15) is 5.75 Å². The Kier molecular flexibility index (Phi) is 5.80. The molecule has 0 aromatic heterocycles. The smallest absolute Gasteiger partial charge is 0.229 e. The first-order chi connectivity index (χ1) is 14.7. The largest absolute Gasteiger partial charge is 0.492 e. The van der Waals surface area contributed by atoms with E-state index in [1.54, 1.807) is 4.90 Å². The van der Waals surface area contributed by atoms with E-state index in [2.05, 4.69) is 5.32 Å². The van der Waals surface area contributed by atoms with Crippen molar-refractivity contribution >= 4 is 23.2 Å². The topological polar surface area (TPSA) is 58.6 Å². The van der Waals surface area contributed by atoms with Gasteiger partial charge in [0.15, 0.2) is 0 Å². The first-order valence-corrected chi connectivity index (χ1v) is 10.1. The van der Waals surface area contributed by atoms with Crippen LogP contribution in [0.2, 0.25) is 0 Å². The molecule has 30 heavy (non-hydrogen) atoms. The summed E-state index contributed by atoms with van der Waals surface area (Å²) >= 11 is 0. The van der Waals surface area contributed by atoms with E-state index in [4.69, 9.17) is 4.74 Å². The van der Waals surface area contributed by atoms with E-state index < -0.39 is 5.92 Å². The minimum Gasteiger partial charge on any atom is -0.492 e. The van der Waals surface area contributed by atoms with Crippen molar-refractivity contribution in [3.8, 4) is 16.9 Å². The first-order valence-electron chi connectivity index (χ1n) is 10.1. The van der Waals surface area contributed by atoms with Crippen LogP contribution in [0.15, 0.2) is 78.9 Å². The van der Waals surface area contributed by atoms with Gasteiger partial charge in [-0.25, -0.2) is 0 Å². The fourth-order valence-electron chi connectivity index (χ4n) is 3.69. The lowest BCUT2D eigenvalue weighted by Crippen LogP contribution is -2.28. The molecule has 2 amide bonds. The summed E-state index contributed by atoms with van der Waals surface area (Å²) in [5.41, 5.74) is 3.65. The van der Waals surface area contributed by atoms with Crippen molar-refractivity contribution in [1.29, 1.82) is 0 Å². The molecule has 3 aromatic rings. The molecule has 0 saturated carbocycles. The van der Waals surface area contributed by atoms with Gasteiger partial charge in [-0.1, -0.05) is 54.6 Å². The Hall–Kier alpha value is -3.60. The number of nitrogens with zero attached hydrogens (tertiary/aromatic N) is 1. The van der Waals surface area contributed by atoms with Gasteiger partial charge < -0.3 is 15.0 Å². The number of para-hydroxylation sites is 2. The standard InChI is InChI=1S/C25H24N2O3/c1-2-30-23-11-7-6-10-22(23)27-17-20(16-24(27)28)25(29)26-21-14-12-19(13-15-21)18-8-4-3-5-9-18/h3-15,20H,2,16-17H2,1H3,(H,26,29)/t20-/m0/s1. The quantitative estimate of drug-likeness (QED) is 0.650. The predicted molar refractivity (Wildman–Crippen MR) is 119 cm³/mol. The highest BCUT2D eigenvalue weighted by atomic mass is 16.5. The van der Waals surface area contributed by atoms with Gasteiger partial charge in [0.25, 0.3) is 0 Å². The first kappa shape index (κ1) is 19.7. The van der Waals surface area contributed by atoms with Crippen LogP contribution < -0.4 is 15.0 Å². The van der Waals surface area contributed by atoms with Crippen molar-refractivity contribution in [3.05, 3.63) is 78.9 Å². The molecule has 1 aliphatic rings. The summed E-state index contributed by atoms with van der Waals surface area (Å²) in [4.78, 5) is 27.0. The van der Waals surface area contributed by atoms with Gasteiger partial charge in [0, 0.05) is 18.7 Å². The van der Waals surface area contributed by atoms with Crippen molar-refractivity contribution in [1.82, 2.24) is 0 Å². The second-order valence-electron chi connectivity index (χ2n) is 7.24. The van der Waals surface area contributed by atoms with Gasteiger partial charge in [-0.15, -0.1) is 0 Å². The van der Waals surface area contributed by atoms with Crippen LogP contribution in [0, 0.1) is 5.92 Å². The highest BCUT2D eigenvalue weighted by molar-refractivity contribution is 6.04. The van der Waals surface area contributed by atoms with Crippen LogP contribution in [0.3, 0.4) is 0 Å². The molecule has 5 nitrogen and oxygen atoms in total. The second kappa shape index (κ2) is 8.82. The summed E-state index contributed by atoms with van der Waals surface area (Å²) in [6, 6.07) is 25.2. The number of anilines is 2. The highest BCUT2D eigenvalue weighted by Crippen LogP contribution is 2.33. The van der Waals surface area contributed by atoms with E-state index in [9.17, 15) is 9.59 Å². The second-order valence-corrected chi connectivity index (χ2v) is 7.24. The van der Waals surface area contributed by atoms with Gasteiger partial charge in [-0.05, 0) is 42.3 Å². The highest BCUT2D eigenvalue weighted by Gasteiger charge is 2.36. The Morgan fingerprint density at radius 1 is 0.967 bits per heavy atom. The maximum atomic E-state index is 12.8. The molecule has 0 bridgehead atoms. The average Bonchev–Trinajstić information content (AvgIpc) is 3.17. The third kappa shape index (κ3) is 4.20. The molecular weight excluding hydrogens is 376 g/mol. The van der Waals surface area contributed by atoms with E-state index in [0.29, 0.717) is 24.6 Å².